The Morgan fingerprint density at radius 1 is 1.12 bits per heavy atom. The van der Waals surface area contributed by atoms with E-state index in [1.54, 1.807) is 0 Å². The highest BCUT2D eigenvalue weighted by atomic mass is 35.5. The van der Waals surface area contributed by atoms with Gasteiger partial charge in [-0.05, 0) is 5.57 Å². The lowest BCUT2D eigenvalue weighted by Gasteiger charge is -2.42. The molecule has 2 fully saturated rings. The summed E-state index contributed by atoms with van der Waals surface area (Å²) in [4.78, 5) is -0.716. The standard InChI is InChI=1S/C10H9Cl7/c11-1-3-4-6(13)5(8(15)7(4)14)10(3,2-12)9(16)17/h1,4-9H,2H2/b3-1+/t4?,5?,6?,7-,8-,10+/m1/s1. The average Bonchev–Trinajstić information content (AvgIpc) is 2.67. The molecule has 0 aromatic rings. The number of hydrogen-bond acceptors (Lipinski definition) is 0. The van der Waals surface area contributed by atoms with E-state index in [0.29, 0.717) is 0 Å². The lowest BCUT2D eigenvalue weighted by molar-refractivity contribution is 0.291. The summed E-state index contributed by atoms with van der Waals surface area (Å²) < 4.78 is 0. The maximum atomic E-state index is 6.40. The molecule has 0 spiro atoms. The van der Waals surface area contributed by atoms with Crippen LogP contribution in [-0.4, -0.2) is 26.8 Å². The molecule has 2 saturated carbocycles. The maximum Gasteiger partial charge on any atom is 0.118 e. The molecule has 6 atom stereocenters. The van der Waals surface area contributed by atoms with Crippen molar-refractivity contribution in [3.05, 3.63) is 11.1 Å². The van der Waals surface area contributed by atoms with Crippen LogP contribution in [0.4, 0.5) is 0 Å². The zero-order valence-electron chi connectivity index (χ0n) is 8.39. The van der Waals surface area contributed by atoms with Gasteiger partial charge in [0, 0.05) is 34.0 Å². The molecule has 0 N–H and O–H groups in total. The fourth-order valence-electron chi connectivity index (χ4n) is 3.06. The Balaban J connectivity index is 2.55. The minimum atomic E-state index is -0.716. The van der Waals surface area contributed by atoms with Crippen molar-refractivity contribution in [1.29, 1.82) is 0 Å². The van der Waals surface area contributed by atoms with Gasteiger partial charge in [0.1, 0.15) is 4.84 Å². The van der Waals surface area contributed by atoms with E-state index in [1.807, 2.05) is 0 Å². The fraction of sp³-hybridized carbons (Fsp3) is 0.800. The zero-order chi connectivity index (χ0) is 13.0. The van der Waals surface area contributed by atoms with E-state index in [2.05, 4.69) is 0 Å². The summed E-state index contributed by atoms with van der Waals surface area (Å²) in [6, 6.07) is 0. The second-order valence-electron chi connectivity index (χ2n) is 4.42. The van der Waals surface area contributed by atoms with Gasteiger partial charge >= 0.3 is 0 Å². The van der Waals surface area contributed by atoms with Crippen LogP contribution in [0.15, 0.2) is 11.1 Å². The third kappa shape index (κ3) is 1.86. The average molecular weight is 377 g/mol. The molecule has 7 heteroatoms. The van der Waals surface area contributed by atoms with Crippen LogP contribution in [0.1, 0.15) is 0 Å². The van der Waals surface area contributed by atoms with Gasteiger partial charge < -0.3 is 0 Å². The van der Waals surface area contributed by atoms with E-state index >= 15 is 0 Å². The molecule has 0 aromatic heterocycles. The van der Waals surface area contributed by atoms with Gasteiger partial charge in [-0.2, -0.15) is 0 Å². The van der Waals surface area contributed by atoms with Gasteiger partial charge in [-0.25, -0.2) is 0 Å². The first-order chi connectivity index (χ1) is 7.93. The Labute approximate surface area is 135 Å². The van der Waals surface area contributed by atoms with Gasteiger partial charge in [0.05, 0.1) is 10.8 Å². The van der Waals surface area contributed by atoms with Crippen molar-refractivity contribution in [3.63, 3.8) is 0 Å². The van der Waals surface area contributed by atoms with Crippen molar-refractivity contribution in [2.45, 2.75) is 21.0 Å². The molecule has 17 heavy (non-hydrogen) atoms. The quantitative estimate of drug-likeness (QED) is 0.579. The minimum Gasteiger partial charge on any atom is -0.126 e. The van der Waals surface area contributed by atoms with Crippen LogP contribution in [0.5, 0.6) is 0 Å². The highest BCUT2D eigenvalue weighted by Crippen LogP contribution is 2.67. The Bertz CT molecular complexity index is 342. The first kappa shape index (κ1) is 15.2. The molecule has 0 radical (unpaired) electrons. The van der Waals surface area contributed by atoms with Crippen LogP contribution in [0, 0.1) is 17.3 Å². The van der Waals surface area contributed by atoms with E-state index < -0.39 is 10.3 Å². The van der Waals surface area contributed by atoms with Gasteiger partial charge in [-0.15, -0.1) is 69.6 Å². The third-order valence-electron chi connectivity index (χ3n) is 3.90. The molecule has 0 aromatic carbocycles. The molecule has 2 aliphatic rings. The van der Waals surface area contributed by atoms with E-state index in [-0.39, 0.29) is 33.8 Å². The maximum absolute atomic E-state index is 6.40. The Morgan fingerprint density at radius 3 is 2.12 bits per heavy atom. The number of fused-ring (bicyclic) bond motifs is 2. The molecule has 0 nitrogen and oxygen atoms in total. The summed E-state index contributed by atoms with van der Waals surface area (Å²) in [7, 11) is 0. The predicted molar refractivity (Wildman–Crippen MR) is 78.5 cm³/mol. The normalized spacial score (nSPS) is 51.8. The number of alkyl halides is 6. The van der Waals surface area contributed by atoms with E-state index in [0.717, 1.165) is 5.57 Å². The third-order valence-corrected chi connectivity index (χ3v) is 7.11. The molecule has 98 valence electrons. The first-order valence-electron chi connectivity index (χ1n) is 5.00. The molecular formula is C10H9Cl7. The van der Waals surface area contributed by atoms with Gasteiger partial charge in [-0.3, -0.25) is 0 Å². The number of halogens is 7. The van der Waals surface area contributed by atoms with Crippen LogP contribution in [0.2, 0.25) is 0 Å². The van der Waals surface area contributed by atoms with Crippen molar-refractivity contribution < 1.29 is 0 Å². The number of allylic oxidation sites excluding steroid dienone is 1. The highest BCUT2D eigenvalue weighted by Gasteiger charge is 2.68. The first-order valence-corrected chi connectivity index (χ1v) is 8.15. The van der Waals surface area contributed by atoms with Gasteiger partial charge in [0.15, 0.2) is 0 Å². The molecule has 0 saturated heterocycles. The fourth-order valence-corrected chi connectivity index (χ4v) is 6.56. The highest BCUT2D eigenvalue weighted by molar-refractivity contribution is 6.46. The second-order valence-corrected chi connectivity index (χ2v) is 7.52. The van der Waals surface area contributed by atoms with Crippen molar-refractivity contribution >= 4 is 81.2 Å². The molecule has 0 aliphatic heterocycles. The topological polar surface area (TPSA) is 0 Å². The molecular weight excluding hydrogens is 368 g/mol. The molecule has 0 heterocycles. The van der Waals surface area contributed by atoms with Crippen LogP contribution < -0.4 is 0 Å². The Kier molecular flexibility index (Phi) is 4.71. The van der Waals surface area contributed by atoms with E-state index in [4.69, 9.17) is 81.2 Å². The summed E-state index contributed by atoms with van der Waals surface area (Å²) in [5.41, 5.74) is 1.60. The van der Waals surface area contributed by atoms with E-state index in [1.165, 1.54) is 5.54 Å². The van der Waals surface area contributed by atoms with E-state index in [9.17, 15) is 0 Å². The summed E-state index contributed by atoms with van der Waals surface area (Å²) in [5, 5.41) is -0.801. The largest absolute Gasteiger partial charge is 0.126 e. The van der Waals surface area contributed by atoms with Crippen molar-refractivity contribution in [1.82, 2.24) is 0 Å². The zero-order valence-corrected chi connectivity index (χ0v) is 13.7. The van der Waals surface area contributed by atoms with Crippen LogP contribution in [0.25, 0.3) is 0 Å². The molecule has 2 rings (SSSR count). The van der Waals surface area contributed by atoms with Crippen LogP contribution in [0.3, 0.4) is 0 Å². The number of rotatable bonds is 2. The summed E-state index contributed by atoms with van der Waals surface area (Å²) in [6.45, 7) is 0. The SMILES string of the molecule is Cl/C=C1\C2C(Cl)C([C@@H](Cl)[C@@H]2Cl)[C@@]1(CCl)C(Cl)Cl. The summed E-state index contributed by atoms with van der Waals surface area (Å²) >= 11 is 43.2. The van der Waals surface area contributed by atoms with Crippen LogP contribution in [-0.2, 0) is 0 Å². The van der Waals surface area contributed by atoms with Crippen molar-refractivity contribution in [3.8, 4) is 0 Å². The monoisotopic (exact) mass is 374 g/mol. The van der Waals surface area contributed by atoms with Gasteiger partial charge in [-0.1, -0.05) is 11.6 Å². The lowest BCUT2D eigenvalue weighted by Crippen LogP contribution is -2.46. The van der Waals surface area contributed by atoms with Gasteiger partial charge in [0.25, 0.3) is 0 Å². The molecule has 0 amide bonds. The Hall–Kier alpha value is 1.77. The summed E-state index contributed by atoms with van der Waals surface area (Å²) in [5.74, 6) is -0.0663. The summed E-state index contributed by atoms with van der Waals surface area (Å²) in [6.07, 6.45) is 0. The molecule has 2 aliphatic carbocycles. The minimum absolute atomic E-state index is 0.123. The van der Waals surface area contributed by atoms with Gasteiger partial charge in [0.2, 0.25) is 0 Å². The lowest BCUT2D eigenvalue weighted by atomic mass is 9.72. The second kappa shape index (κ2) is 5.28. The Morgan fingerprint density at radius 2 is 1.71 bits per heavy atom. The smallest absolute Gasteiger partial charge is 0.118 e. The van der Waals surface area contributed by atoms with Crippen molar-refractivity contribution in [2.75, 3.05) is 5.88 Å². The molecule has 2 bridgehead atoms. The number of hydrogen-bond donors (Lipinski definition) is 0. The molecule has 3 unspecified atom stereocenters. The van der Waals surface area contributed by atoms with Crippen LogP contribution >= 0.6 is 81.2 Å². The van der Waals surface area contributed by atoms with Crippen molar-refractivity contribution in [2.24, 2.45) is 17.3 Å². The predicted octanol–water partition coefficient (Wildman–Crippen LogP) is 5.22.